The lowest BCUT2D eigenvalue weighted by Gasteiger charge is -2.25. The molecule has 0 saturated heterocycles. The first-order valence-corrected chi connectivity index (χ1v) is 10.8. The van der Waals surface area contributed by atoms with Crippen LogP contribution in [0.4, 0.5) is 5.82 Å². The molecule has 0 saturated carbocycles. The molecule has 1 aliphatic heterocycles. The van der Waals surface area contributed by atoms with Crippen LogP contribution in [0.15, 0.2) is 82.7 Å². The molecule has 170 valence electrons. The Hall–Kier alpha value is -4.10. The van der Waals surface area contributed by atoms with Crippen LogP contribution in [0.3, 0.4) is 0 Å². The van der Waals surface area contributed by atoms with Gasteiger partial charge >= 0.3 is 0 Å². The molecule has 5 rings (SSSR count). The van der Waals surface area contributed by atoms with E-state index < -0.39 is 11.9 Å². The highest BCUT2D eigenvalue weighted by Gasteiger charge is 2.44. The number of halogens is 1. The quantitative estimate of drug-likeness (QED) is 0.359. The van der Waals surface area contributed by atoms with E-state index in [9.17, 15) is 9.59 Å². The number of hydrogen-bond acceptors (Lipinski definition) is 6. The van der Waals surface area contributed by atoms with E-state index in [1.165, 1.54) is 18.2 Å². The number of rotatable bonds is 6. The van der Waals surface area contributed by atoms with Crippen molar-refractivity contribution in [1.82, 2.24) is 4.98 Å². The fourth-order valence-electron chi connectivity index (χ4n) is 4.10. The van der Waals surface area contributed by atoms with Gasteiger partial charge in [-0.2, -0.15) is 0 Å². The van der Waals surface area contributed by atoms with Gasteiger partial charge < -0.3 is 13.9 Å². The Morgan fingerprint density at radius 2 is 1.97 bits per heavy atom. The predicted octanol–water partition coefficient (Wildman–Crippen LogP) is 5.16. The molecule has 2 aromatic carbocycles. The minimum atomic E-state index is -0.792. The van der Waals surface area contributed by atoms with Crippen LogP contribution < -0.4 is 19.8 Å². The van der Waals surface area contributed by atoms with Crippen LogP contribution in [-0.4, -0.2) is 24.6 Å². The van der Waals surface area contributed by atoms with Gasteiger partial charge in [0.05, 0.1) is 29.1 Å². The molecule has 8 heteroatoms. The first-order valence-electron chi connectivity index (χ1n) is 10.5. The summed E-state index contributed by atoms with van der Waals surface area (Å²) in [6, 6.07) is 14.6. The van der Waals surface area contributed by atoms with Crippen LogP contribution in [0.25, 0.3) is 11.0 Å². The van der Waals surface area contributed by atoms with Gasteiger partial charge in [-0.25, -0.2) is 4.98 Å². The highest BCUT2D eigenvalue weighted by molar-refractivity contribution is 6.30. The molecule has 0 aliphatic carbocycles. The number of carbonyl (C=O) groups is 1. The zero-order chi connectivity index (χ0) is 23.8. The van der Waals surface area contributed by atoms with E-state index in [-0.39, 0.29) is 16.8 Å². The van der Waals surface area contributed by atoms with Gasteiger partial charge in [-0.1, -0.05) is 42.5 Å². The summed E-state index contributed by atoms with van der Waals surface area (Å²) in [6.45, 7) is 3.96. The first kappa shape index (κ1) is 21.7. The van der Waals surface area contributed by atoms with E-state index in [0.29, 0.717) is 45.5 Å². The van der Waals surface area contributed by atoms with E-state index in [2.05, 4.69) is 11.6 Å². The molecule has 0 fully saturated rings. The van der Waals surface area contributed by atoms with Crippen LogP contribution >= 0.6 is 11.6 Å². The summed E-state index contributed by atoms with van der Waals surface area (Å²) in [4.78, 5) is 32.9. The summed E-state index contributed by atoms with van der Waals surface area (Å²) < 4.78 is 17.1. The van der Waals surface area contributed by atoms with Crippen LogP contribution in [0.5, 0.6) is 11.5 Å². The molecular weight excluding hydrogens is 456 g/mol. The fraction of sp³-hybridized carbons (Fsp3) is 0.115. The number of anilines is 1. The average molecular weight is 475 g/mol. The summed E-state index contributed by atoms with van der Waals surface area (Å²) in [5, 5.41) is 0.817. The maximum Gasteiger partial charge on any atom is 0.296 e. The minimum absolute atomic E-state index is 0.0172. The first-order chi connectivity index (χ1) is 16.5. The lowest BCUT2D eigenvalue weighted by Crippen LogP contribution is -2.30. The fourth-order valence-corrected chi connectivity index (χ4v) is 4.22. The molecule has 0 radical (unpaired) electrons. The zero-order valence-electron chi connectivity index (χ0n) is 18.2. The maximum absolute atomic E-state index is 13.6. The molecule has 4 aromatic rings. The van der Waals surface area contributed by atoms with E-state index >= 15 is 0 Å². The number of para-hydroxylation sites is 1. The van der Waals surface area contributed by atoms with Gasteiger partial charge in [0.1, 0.15) is 18.0 Å². The number of carbonyl (C=O) groups excluding carboxylic acids is 1. The number of aromatic nitrogens is 1. The molecule has 1 atom stereocenters. The van der Waals surface area contributed by atoms with Gasteiger partial charge in [0.2, 0.25) is 5.76 Å². The van der Waals surface area contributed by atoms with Gasteiger partial charge in [0.25, 0.3) is 5.91 Å². The van der Waals surface area contributed by atoms with Crippen molar-refractivity contribution >= 4 is 34.3 Å². The van der Waals surface area contributed by atoms with Gasteiger partial charge in [0, 0.05) is 6.20 Å². The van der Waals surface area contributed by atoms with Crippen LogP contribution in [0.1, 0.15) is 27.7 Å². The molecule has 2 aromatic heterocycles. The highest BCUT2D eigenvalue weighted by atomic mass is 35.5. The van der Waals surface area contributed by atoms with Crippen molar-refractivity contribution in [2.75, 3.05) is 18.6 Å². The van der Waals surface area contributed by atoms with Gasteiger partial charge in [-0.3, -0.25) is 14.5 Å². The molecule has 0 unspecified atom stereocenters. The Balaban J connectivity index is 1.75. The van der Waals surface area contributed by atoms with Gasteiger partial charge in [0.15, 0.2) is 16.9 Å². The topological polar surface area (TPSA) is 81.9 Å². The second-order valence-electron chi connectivity index (χ2n) is 7.59. The third-order valence-electron chi connectivity index (χ3n) is 5.60. The second kappa shape index (κ2) is 8.68. The zero-order valence-corrected chi connectivity index (χ0v) is 18.9. The van der Waals surface area contributed by atoms with Crippen molar-refractivity contribution in [3.8, 4) is 11.5 Å². The van der Waals surface area contributed by atoms with Crippen molar-refractivity contribution in [3.63, 3.8) is 0 Å². The average Bonchev–Trinajstić information content (AvgIpc) is 3.15. The molecular formula is C26H19ClN2O5. The number of nitrogens with zero attached hydrogens (tertiary/aromatic N) is 2. The Morgan fingerprint density at radius 1 is 1.15 bits per heavy atom. The second-order valence-corrected chi connectivity index (χ2v) is 8.03. The Bertz CT molecular complexity index is 1480. The number of ether oxygens (including phenoxy) is 2. The van der Waals surface area contributed by atoms with Crippen LogP contribution in [-0.2, 0) is 0 Å². The minimum Gasteiger partial charge on any atom is -0.493 e. The summed E-state index contributed by atoms with van der Waals surface area (Å²) >= 11 is 6.02. The van der Waals surface area contributed by atoms with E-state index in [0.717, 1.165) is 0 Å². The third kappa shape index (κ3) is 3.50. The largest absolute Gasteiger partial charge is 0.493 e. The number of benzene rings is 2. The van der Waals surface area contributed by atoms with Crippen molar-refractivity contribution in [3.05, 3.63) is 106 Å². The van der Waals surface area contributed by atoms with E-state index in [4.69, 9.17) is 25.5 Å². The summed E-state index contributed by atoms with van der Waals surface area (Å²) in [5.74, 6) is 0.812. The smallest absolute Gasteiger partial charge is 0.296 e. The molecule has 34 heavy (non-hydrogen) atoms. The highest BCUT2D eigenvalue weighted by Crippen LogP contribution is 2.42. The van der Waals surface area contributed by atoms with Crippen LogP contribution in [0, 0.1) is 0 Å². The van der Waals surface area contributed by atoms with Crippen LogP contribution in [0.2, 0.25) is 5.02 Å². The van der Waals surface area contributed by atoms with Crippen molar-refractivity contribution in [1.29, 1.82) is 0 Å². The number of amides is 1. The molecule has 0 bridgehead atoms. The van der Waals surface area contributed by atoms with E-state index in [1.807, 2.05) is 0 Å². The number of hydrogen-bond donors (Lipinski definition) is 0. The van der Waals surface area contributed by atoms with E-state index in [1.54, 1.807) is 60.7 Å². The van der Waals surface area contributed by atoms with Gasteiger partial charge in [-0.15, -0.1) is 0 Å². The molecule has 7 nitrogen and oxygen atoms in total. The monoisotopic (exact) mass is 474 g/mol. The van der Waals surface area contributed by atoms with Gasteiger partial charge in [-0.05, 0) is 42.0 Å². The number of fused-ring (bicyclic) bond motifs is 2. The number of pyridine rings is 1. The molecule has 1 amide bonds. The molecule has 1 aliphatic rings. The van der Waals surface area contributed by atoms with Crippen molar-refractivity contribution in [2.45, 2.75) is 6.04 Å². The number of methoxy groups -OCH3 is 1. The standard InChI is InChI=1S/C26H19ClN2O5/c1-3-12-33-19-10-8-15(13-20(19)32-2)23-22-24(30)17-6-4-5-7-18(17)34-25(22)26(31)29(23)21-11-9-16(27)14-28-21/h3-11,13-14,23H,1,12H2,2H3/t23-/m0/s1. The normalized spacial score (nSPS) is 14.8. The van der Waals surface area contributed by atoms with Crippen molar-refractivity contribution < 1.29 is 18.7 Å². The molecule has 0 N–H and O–H groups in total. The Morgan fingerprint density at radius 3 is 2.71 bits per heavy atom. The lowest BCUT2D eigenvalue weighted by molar-refractivity contribution is 0.0970. The molecule has 3 heterocycles. The summed E-state index contributed by atoms with van der Waals surface area (Å²) in [6.07, 6.45) is 3.08. The summed E-state index contributed by atoms with van der Waals surface area (Å²) in [7, 11) is 1.52. The molecule has 0 spiro atoms. The maximum atomic E-state index is 13.6. The third-order valence-corrected chi connectivity index (χ3v) is 5.82. The Kier molecular flexibility index (Phi) is 5.55. The van der Waals surface area contributed by atoms with Crippen molar-refractivity contribution in [2.24, 2.45) is 0 Å². The predicted molar refractivity (Wildman–Crippen MR) is 129 cm³/mol. The lowest BCUT2D eigenvalue weighted by atomic mass is 9.98. The summed E-state index contributed by atoms with van der Waals surface area (Å²) in [5.41, 5.74) is 0.934. The Labute approximate surface area is 199 Å². The SMILES string of the molecule is C=CCOc1ccc([C@H]2c3c(oc4ccccc4c3=O)C(=O)N2c2ccc(Cl)cn2)cc1OC.